The quantitative estimate of drug-likeness (QED) is 0.237. The van der Waals surface area contributed by atoms with Gasteiger partial charge in [0.1, 0.15) is 0 Å². The molecule has 2 aromatic heterocycles. The van der Waals surface area contributed by atoms with E-state index in [0.29, 0.717) is 0 Å². The van der Waals surface area contributed by atoms with Crippen molar-refractivity contribution in [1.82, 2.24) is 9.13 Å². The van der Waals surface area contributed by atoms with E-state index in [1.54, 1.807) is 0 Å². The lowest BCUT2D eigenvalue weighted by Crippen LogP contribution is -1.99. The third-order valence-corrected chi connectivity index (χ3v) is 7.70. The Kier molecular flexibility index (Phi) is 4.32. The van der Waals surface area contributed by atoms with Gasteiger partial charge < -0.3 is 9.13 Å². The highest BCUT2D eigenvalue weighted by molar-refractivity contribution is 6.24. The summed E-state index contributed by atoms with van der Waals surface area (Å²) in [5.41, 5.74) is 7.33. The normalized spacial score (nSPS) is 13.8. The summed E-state index contributed by atoms with van der Waals surface area (Å²) in [6, 6.07) is 37.6. The Bertz CT molecular complexity index is 2110. The van der Waals surface area contributed by atoms with Crippen LogP contribution in [0.1, 0.15) is 6.42 Å². The molecule has 0 spiro atoms. The summed E-state index contributed by atoms with van der Waals surface area (Å²) in [6.07, 6.45) is 12.1. The smallest absolute Gasteiger partial charge is 0.0789 e. The molecule has 2 heteroatoms. The van der Waals surface area contributed by atoms with E-state index in [2.05, 4.69) is 143 Å². The van der Waals surface area contributed by atoms with Gasteiger partial charge in [0.25, 0.3) is 0 Å². The second kappa shape index (κ2) is 7.84. The minimum atomic E-state index is 0.947. The summed E-state index contributed by atoms with van der Waals surface area (Å²) in [6.45, 7) is 0. The Balaban J connectivity index is 1.66. The maximum Gasteiger partial charge on any atom is 0.0789 e. The van der Waals surface area contributed by atoms with E-state index in [0.717, 1.165) is 6.42 Å². The summed E-state index contributed by atoms with van der Waals surface area (Å²) < 4.78 is 4.95. The Labute approximate surface area is 214 Å². The lowest BCUT2D eigenvalue weighted by atomic mass is 10.1. The maximum atomic E-state index is 2.49. The molecule has 2 nitrogen and oxygen atoms in total. The number of hydrogen-bond acceptors (Lipinski definition) is 0. The van der Waals surface area contributed by atoms with Crippen LogP contribution in [-0.4, -0.2) is 9.13 Å². The van der Waals surface area contributed by atoms with E-state index < -0.39 is 0 Å². The molecule has 8 rings (SSSR count). The monoisotopic (exact) mass is 472 g/mol. The van der Waals surface area contributed by atoms with E-state index in [1.807, 2.05) is 0 Å². The average Bonchev–Trinajstić information content (AvgIpc) is 3.32. The molecule has 0 saturated carbocycles. The Morgan fingerprint density at radius 2 is 1.11 bits per heavy atom. The predicted molar refractivity (Wildman–Crippen MR) is 158 cm³/mol. The number of fused-ring (bicyclic) bond motifs is 8. The van der Waals surface area contributed by atoms with Crippen LogP contribution < -0.4 is 0 Å². The largest absolute Gasteiger partial charge is 0.307 e. The molecular formula is C35H24N2. The van der Waals surface area contributed by atoms with Gasteiger partial charge in [0, 0.05) is 32.6 Å². The second-order valence-corrected chi connectivity index (χ2v) is 9.72. The first-order valence-corrected chi connectivity index (χ1v) is 12.9. The molecule has 1 aliphatic rings. The van der Waals surface area contributed by atoms with Crippen molar-refractivity contribution < 1.29 is 0 Å². The van der Waals surface area contributed by atoms with Gasteiger partial charge in [-0.25, -0.2) is 0 Å². The van der Waals surface area contributed by atoms with E-state index in [4.69, 9.17) is 0 Å². The zero-order valence-corrected chi connectivity index (χ0v) is 20.3. The average molecular weight is 473 g/mol. The number of rotatable bonds is 2. The standard InChI is InChI=1S/C35H24N2/c1-2-4-15-25(14-3-1)36-32-19-9-7-17-27(32)29-22-23-30-28-18-8-10-20-33(28)37(35(30)34(29)36)31-21-11-13-24-12-5-6-16-26(24)31/h1,3-23H,2H2. The fourth-order valence-electron chi connectivity index (χ4n) is 6.14. The molecule has 0 N–H and O–H groups in total. The van der Waals surface area contributed by atoms with Crippen molar-refractivity contribution in [2.24, 2.45) is 0 Å². The molecule has 0 bridgehead atoms. The van der Waals surface area contributed by atoms with Crippen molar-refractivity contribution in [2.45, 2.75) is 6.42 Å². The van der Waals surface area contributed by atoms with Crippen LogP contribution >= 0.6 is 0 Å². The molecule has 0 saturated heterocycles. The first-order valence-electron chi connectivity index (χ1n) is 12.9. The zero-order valence-electron chi connectivity index (χ0n) is 20.3. The third-order valence-electron chi connectivity index (χ3n) is 7.70. The summed E-state index contributed by atoms with van der Waals surface area (Å²) in [4.78, 5) is 0. The summed E-state index contributed by atoms with van der Waals surface area (Å²) in [5.74, 6) is 0. The molecule has 0 unspecified atom stereocenters. The van der Waals surface area contributed by atoms with Gasteiger partial charge in [-0.05, 0) is 42.2 Å². The van der Waals surface area contributed by atoms with Gasteiger partial charge in [0.15, 0.2) is 0 Å². The summed E-state index contributed by atoms with van der Waals surface area (Å²) >= 11 is 0. The fourth-order valence-corrected chi connectivity index (χ4v) is 6.14. The third kappa shape index (κ3) is 2.87. The maximum absolute atomic E-state index is 2.49. The highest BCUT2D eigenvalue weighted by atomic mass is 15.0. The molecule has 7 aromatic rings. The molecule has 1 aliphatic carbocycles. The topological polar surface area (TPSA) is 9.86 Å². The first kappa shape index (κ1) is 20.4. The van der Waals surface area contributed by atoms with Crippen LogP contribution in [-0.2, 0) is 0 Å². The van der Waals surface area contributed by atoms with Crippen molar-refractivity contribution in [3.8, 4) is 5.69 Å². The second-order valence-electron chi connectivity index (χ2n) is 9.72. The van der Waals surface area contributed by atoms with Crippen LogP contribution in [0, 0.1) is 0 Å². The number of benzene rings is 5. The van der Waals surface area contributed by atoms with E-state index in [-0.39, 0.29) is 0 Å². The predicted octanol–water partition coefficient (Wildman–Crippen LogP) is 9.40. The SMILES string of the molecule is C1=CCC=CC(n2c3ccccc3c3ccc4c5ccccc5n(-c5cccc6ccccc56)c4c32)=C1. The van der Waals surface area contributed by atoms with Crippen molar-refractivity contribution in [3.63, 3.8) is 0 Å². The van der Waals surface area contributed by atoms with E-state index in [9.17, 15) is 0 Å². The molecule has 0 atom stereocenters. The molecule has 2 heterocycles. The van der Waals surface area contributed by atoms with Gasteiger partial charge in [-0.3, -0.25) is 0 Å². The van der Waals surface area contributed by atoms with E-state index >= 15 is 0 Å². The number of para-hydroxylation sites is 2. The number of allylic oxidation sites excluding steroid dienone is 6. The number of aromatic nitrogens is 2. The molecule has 0 aliphatic heterocycles. The fraction of sp³-hybridized carbons (Fsp3) is 0.0286. The van der Waals surface area contributed by atoms with Crippen LogP contribution in [0.2, 0.25) is 0 Å². The van der Waals surface area contributed by atoms with Gasteiger partial charge in [0.05, 0.1) is 27.8 Å². The molecular weight excluding hydrogens is 448 g/mol. The minimum Gasteiger partial charge on any atom is -0.307 e. The Hall–Kier alpha value is -4.82. The van der Waals surface area contributed by atoms with Crippen molar-refractivity contribution in [3.05, 3.63) is 134 Å². The van der Waals surface area contributed by atoms with E-state index in [1.165, 1.54) is 65.8 Å². The van der Waals surface area contributed by atoms with Crippen LogP contribution in [0.25, 0.3) is 65.8 Å². The Morgan fingerprint density at radius 3 is 1.89 bits per heavy atom. The van der Waals surface area contributed by atoms with Gasteiger partial charge in [-0.2, -0.15) is 0 Å². The highest BCUT2D eigenvalue weighted by Gasteiger charge is 2.21. The molecule has 5 aromatic carbocycles. The van der Waals surface area contributed by atoms with Gasteiger partial charge in [-0.1, -0.05) is 103 Å². The molecule has 0 fully saturated rings. The molecule has 174 valence electrons. The molecule has 0 amide bonds. The first-order chi connectivity index (χ1) is 18.4. The highest BCUT2D eigenvalue weighted by Crippen LogP contribution is 2.42. The number of nitrogens with zero attached hydrogens (tertiary/aromatic N) is 2. The summed E-state index contributed by atoms with van der Waals surface area (Å²) in [5, 5.41) is 7.59. The Morgan fingerprint density at radius 1 is 0.486 bits per heavy atom. The van der Waals surface area contributed by atoms with Crippen LogP contribution in [0.3, 0.4) is 0 Å². The zero-order chi connectivity index (χ0) is 24.3. The van der Waals surface area contributed by atoms with Crippen molar-refractivity contribution >= 4 is 60.1 Å². The van der Waals surface area contributed by atoms with Gasteiger partial charge >= 0.3 is 0 Å². The van der Waals surface area contributed by atoms with Crippen LogP contribution in [0.15, 0.2) is 134 Å². The van der Waals surface area contributed by atoms with Gasteiger partial charge in [-0.15, -0.1) is 0 Å². The van der Waals surface area contributed by atoms with Crippen LogP contribution in [0.5, 0.6) is 0 Å². The number of hydrogen-bond donors (Lipinski definition) is 0. The van der Waals surface area contributed by atoms with Crippen molar-refractivity contribution in [2.75, 3.05) is 0 Å². The molecule has 37 heavy (non-hydrogen) atoms. The lowest BCUT2D eigenvalue weighted by molar-refractivity contribution is 1.18. The van der Waals surface area contributed by atoms with Crippen LogP contribution in [0.4, 0.5) is 0 Å². The van der Waals surface area contributed by atoms with Gasteiger partial charge in [0.2, 0.25) is 0 Å². The lowest BCUT2D eigenvalue weighted by Gasteiger charge is -2.14. The summed E-state index contributed by atoms with van der Waals surface area (Å²) in [7, 11) is 0. The van der Waals surface area contributed by atoms with Crippen molar-refractivity contribution in [1.29, 1.82) is 0 Å². The molecule has 0 radical (unpaired) electrons. The minimum absolute atomic E-state index is 0.947.